The van der Waals surface area contributed by atoms with E-state index in [-0.39, 0.29) is 11.8 Å². The Morgan fingerprint density at radius 2 is 2.50 bits per heavy atom. The van der Waals surface area contributed by atoms with Crippen LogP contribution in [0.2, 0.25) is 0 Å². The van der Waals surface area contributed by atoms with E-state index in [0.29, 0.717) is 6.54 Å². The minimum absolute atomic E-state index is 0.102. The lowest BCUT2D eigenvalue weighted by atomic mass is 9.99. The summed E-state index contributed by atoms with van der Waals surface area (Å²) in [5.74, 6) is 0.211. The van der Waals surface area contributed by atoms with Crippen molar-refractivity contribution in [2.75, 3.05) is 13.1 Å². The van der Waals surface area contributed by atoms with E-state index in [4.69, 9.17) is 0 Å². The highest BCUT2D eigenvalue weighted by Crippen LogP contribution is 2.09. The fraction of sp³-hybridized carbons (Fsp3) is 0.545. The van der Waals surface area contributed by atoms with Gasteiger partial charge in [-0.1, -0.05) is 0 Å². The van der Waals surface area contributed by atoms with Crippen molar-refractivity contribution < 1.29 is 4.79 Å². The lowest BCUT2D eigenvalue weighted by molar-refractivity contribution is -0.125. The summed E-state index contributed by atoms with van der Waals surface area (Å²) in [5.41, 5.74) is 0.791. The number of hydrogen-bond acceptors (Lipinski definition) is 4. The second-order valence-electron chi connectivity index (χ2n) is 3.96. The van der Waals surface area contributed by atoms with Crippen molar-refractivity contribution in [3.05, 3.63) is 24.3 Å². The largest absolute Gasteiger partial charge is 0.350 e. The summed E-state index contributed by atoms with van der Waals surface area (Å²) in [5, 5.41) is 6.11. The van der Waals surface area contributed by atoms with Gasteiger partial charge in [0, 0.05) is 18.9 Å². The summed E-state index contributed by atoms with van der Waals surface area (Å²) in [4.78, 5) is 19.8. The van der Waals surface area contributed by atoms with Crippen LogP contribution in [0.25, 0.3) is 0 Å². The summed E-state index contributed by atoms with van der Waals surface area (Å²) in [6.45, 7) is 2.27. The van der Waals surface area contributed by atoms with Gasteiger partial charge in [0.05, 0.1) is 24.4 Å². The van der Waals surface area contributed by atoms with E-state index < -0.39 is 0 Å². The highest BCUT2D eigenvalue weighted by molar-refractivity contribution is 5.78. The smallest absolute Gasteiger partial charge is 0.224 e. The Bertz CT molecular complexity index is 335. The first kappa shape index (κ1) is 11.0. The highest BCUT2D eigenvalue weighted by Gasteiger charge is 2.20. The van der Waals surface area contributed by atoms with Crippen LogP contribution >= 0.6 is 0 Å². The molecule has 0 aliphatic carbocycles. The molecular weight excluding hydrogens is 204 g/mol. The van der Waals surface area contributed by atoms with Crippen molar-refractivity contribution in [1.29, 1.82) is 0 Å². The third-order valence-corrected chi connectivity index (χ3v) is 2.73. The van der Waals surface area contributed by atoms with E-state index in [1.54, 1.807) is 18.6 Å². The van der Waals surface area contributed by atoms with Gasteiger partial charge in [0.15, 0.2) is 0 Å². The van der Waals surface area contributed by atoms with Crippen molar-refractivity contribution in [3.8, 4) is 0 Å². The molecule has 86 valence electrons. The lowest BCUT2D eigenvalue weighted by Crippen LogP contribution is -2.40. The van der Waals surface area contributed by atoms with Gasteiger partial charge in [0.2, 0.25) is 5.91 Å². The summed E-state index contributed by atoms with van der Waals surface area (Å²) in [7, 11) is 0. The van der Waals surface area contributed by atoms with Gasteiger partial charge in [-0.05, 0) is 19.4 Å². The van der Waals surface area contributed by atoms with Crippen LogP contribution in [0, 0.1) is 5.92 Å². The molecule has 16 heavy (non-hydrogen) atoms. The van der Waals surface area contributed by atoms with Gasteiger partial charge >= 0.3 is 0 Å². The third-order valence-electron chi connectivity index (χ3n) is 2.73. The number of carbonyl (C=O) groups excluding carboxylic acids is 1. The summed E-state index contributed by atoms with van der Waals surface area (Å²) in [6.07, 6.45) is 6.96. The van der Waals surface area contributed by atoms with Gasteiger partial charge in [-0.25, -0.2) is 0 Å². The first-order valence-electron chi connectivity index (χ1n) is 5.59. The van der Waals surface area contributed by atoms with Crippen molar-refractivity contribution in [2.24, 2.45) is 5.92 Å². The number of hydrogen-bond donors (Lipinski definition) is 2. The average molecular weight is 220 g/mol. The zero-order chi connectivity index (χ0) is 11.2. The lowest BCUT2D eigenvalue weighted by Gasteiger charge is -2.21. The van der Waals surface area contributed by atoms with Crippen LogP contribution in [0.4, 0.5) is 0 Å². The Balaban J connectivity index is 1.79. The number of nitrogens with zero attached hydrogens (tertiary/aromatic N) is 2. The monoisotopic (exact) mass is 220 g/mol. The standard InChI is InChI=1S/C11H16N4O/c16-11(9-2-1-3-12-6-9)15-8-10-7-13-4-5-14-10/h4-5,7,9,12H,1-3,6,8H2,(H,15,16). The molecule has 0 bridgehead atoms. The summed E-state index contributed by atoms with van der Waals surface area (Å²) in [6, 6.07) is 0. The number of piperidine rings is 1. The van der Waals surface area contributed by atoms with Gasteiger partial charge in [0.1, 0.15) is 0 Å². The van der Waals surface area contributed by atoms with E-state index in [1.165, 1.54) is 0 Å². The fourth-order valence-corrected chi connectivity index (χ4v) is 1.82. The van der Waals surface area contributed by atoms with Gasteiger partial charge in [-0.3, -0.25) is 14.8 Å². The van der Waals surface area contributed by atoms with Gasteiger partial charge in [-0.15, -0.1) is 0 Å². The zero-order valence-corrected chi connectivity index (χ0v) is 9.15. The first-order chi connectivity index (χ1) is 7.86. The molecule has 0 spiro atoms. The Labute approximate surface area is 94.7 Å². The van der Waals surface area contributed by atoms with Gasteiger partial charge < -0.3 is 10.6 Å². The molecule has 1 aromatic heterocycles. The second-order valence-corrected chi connectivity index (χ2v) is 3.96. The Morgan fingerprint density at radius 1 is 1.56 bits per heavy atom. The SMILES string of the molecule is O=C(NCc1cnccn1)C1CCCNC1. The maximum Gasteiger partial charge on any atom is 0.224 e. The summed E-state index contributed by atoms with van der Waals surface area (Å²) < 4.78 is 0. The average Bonchev–Trinajstić information content (AvgIpc) is 2.38. The van der Waals surface area contributed by atoms with Crippen LogP contribution in [0.15, 0.2) is 18.6 Å². The topological polar surface area (TPSA) is 66.9 Å². The Morgan fingerprint density at radius 3 is 3.19 bits per heavy atom. The fourth-order valence-electron chi connectivity index (χ4n) is 1.82. The number of aromatic nitrogens is 2. The molecule has 1 unspecified atom stereocenters. The minimum Gasteiger partial charge on any atom is -0.350 e. The van der Waals surface area contributed by atoms with E-state index in [1.807, 2.05) is 0 Å². The molecule has 5 heteroatoms. The van der Waals surface area contributed by atoms with E-state index in [9.17, 15) is 4.79 Å². The molecule has 0 radical (unpaired) electrons. The molecule has 2 N–H and O–H groups in total. The van der Waals surface area contributed by atoms with E-state index >= 15 is 0 Å². The molecule has 1 atom stereocenters. The first-order valence-corrected chi connectivity index (χ1v) is 5.59. The summed E-state index contributed by atoms with van der Waals surface area (Å²) >= 11 is 0. The Hall–Kier alpha value is -1.49. The quantitative estimate of drug-likeness (QED) is 0.757. The molecule has 2 rings (SSSR count). The molecule has 1 saturated heterocycles. The molecule has 1 amide bonds. The Kier molecular flexibility index (Phi) is 3.82. The normalized spacial score (nSPS) is 20.4. The molecule has 0 aromatic carbocycles. The van der Waals surface area contributed by atoms with Crippen molar-refractivity contribution in [3.63, 3.8) is 0 Å². The molecule has 2 heterocycles. The van der Waals surface area contributed by atoms with E-state index in [2.05, 4.69) is 20.6 Å². The second kappa shape index (κ2) is 5.55. The van der Waals surface area contributed by atoms with Crippen molar-refractivity contribution in [2.45, 2.75) is 19.4 Å². The predicted octanol–water partition coefficient (Wildman–Crippen LogP) is 0.0924. The highest BCUT2D eigenvalue weighted by atomic mass is 16.1. The number of nitrogens with one attached hydrogen (secondary N) is 2. The van der Waals surface area contributed by atoms with Crippen LogP contribution in [0.1, 0.15) is 18.5 Å². The molecule has 1 aliphatic heterocycles. The zero-order valence-electron chi connectivity index (χ0n) is 9.15. The van der Waals surface area contributed by atoms with Gasteiger partial charge in [-0.2, -0.15) is 0 Å². The van der Waals surface area contributed by atoms with Crippen LogP contribution in [0.5, 0.6) is 0 Å². The predicted molar refractivity (Wildman–Crippen MR) is 59.5 cm³/mol. The van der Waals surface area contributed by atoms with Crippen LogP contribution in [-0.2, 0) is 11.3 Å². The molecule has 5 nitrogen and oxygen atoms in total. The molecule has 1 aliphatic rings. The molecule has 1 aromatic rings. The maximum absolute atomic E-state index is 11.8. The minimum atomic E-state index is 0.102. The van der Waals surface area contributed by atoms with E-state index in [0.717, 1.165) is 31.6 Å². The van der Waals surface area contributed by atoms with Gasteiger partial charge in [0.25, 0.3) is 0 Å². The molecule has 1 fully saturated rings. The maximum atomic E-state index is 11.8. The van der Waals surface area contributed by atoms with Crippen LogP contribution in [0.3, 0.4) is 0 Å². The van der Waals surface area contributed by atoms with Crippen molar-refractivity contribution >= 4 is 5.91 Å². The van der Waals surface area contributed by atoms with Crippen LogP contribution < -0.4 is 10.6 Å². The number of rotatable bonds is 3. The van der Waals surface area contributed by atoms with Crippen molar-refractivity contribution in [1.82, 2.24) is 20.6 Å². The number of carbonyl (C=O) groups is 1. The molecule has 0 saturated carbocycles. The number of amides is 1. The third kappa shape index (κ3) is 3.00. The van der Waals surface area contributed by atoms with Crippen LogP contribution in [-0.4, -0.2) is 29.0 Å². The molecular formula is C11H16N4O.